The number of anilines is 4. The molecule has 44 heavy (non-hydrogen) atoms. The Hall–Kier alpha value is -4.50. The topological polar surface area (TPSA) is 99.5 Å². The van der Waals surface area contributed by atoms with Gasteiger partial charge in [-0.05, 0) is 91.3 Å². The Kier molecular flexibility index (Phi) is 8.36. The largest absolute Gasteiger partial charge is 0.390 e. The second kappa shape index (κ2) is 11.9. The summed E-state index contributed by atoms with van der Waals surface area (Å²) in [7, 11) is 1.64. The van der Waals surface area contributed by atoms with Gasteiger partial charge in [-0.25, -0.2) is 9.37 Å². The van der Waals surface area contributed by atoms with E-state index in [9.17, 15) is 19.1 Å². The lowest BCUT2D eigenvalue weighted by molar-refractivity contribution is 0.0351. The Morgan fingerprint density at radius 3 is 2.32 bits per heavy atom. The summed E-state index contributed by atoms with van der Waals surface area (Å²) in [4.78, 5) is 32.8. The molecule has 3 N–H and O–H groups in total. The molecule has 5 rings (SSSR count). The van der Waals surface area contributed by atoms with Crippen LogP contribution < -0.4 is 21.1 Å². The van der Waals surface area contributed by atoms with Gasteiger partial charge in [-0.3, -0.25) is 9.59 Å². The van der Waals surface area contributed by atoms with Gasteiger partial charge in [0, 0.05) is 43.1 Å². The van der Waals surface area contributed by atoms with Crippen LogP contribution >= 0.6 is 0 Å². The number of aliphatic hydroxyl groups is 1. The van der Waals surface area contributed by atoms with E-state index in [-0.39, 0.29) is 22.6 Å². The van der Waals surface area contributed by atoms with Crippen LogP contribution in [0, 0.1) is 12.7 Å². The Bertz CT molecular complexity index is 1730. The van der Waals surface area contributed by atoms with Crippen LogP contribution in [0.5, 0.6) is 0 Å². The minimum absolute atomic E-state index is 0.0385. The van der Waals surface area contributed by atoms with Gasteiger partial charge in [0.2, 0.25) is 0 Å². The van der Waals surface area contributed by atoms with Crippen molar-refractivity contribution in [2.24, 2.45) is 7.05 Å². The minimum atomic E-state index is -0.638. The van der Waals surface area contributed by atoms with E-state index >= 15 is 0 Å². The Balaban J connectivity index is 1.38. The highest BCUT2D eigenvalue weighted by Crippen LogP contribution is 2.32. The molecule has 0 saturated carbocycles. The smallest absolute Gasteiger partial charge is 0.274 e. The van der Waals surface area contributed by atoms with Crippen LogP contribution in [-0.4, -0.2) is 39.3 Å². The normalized spacial score (nSPS) is 14.8. The van der Waals surface area contributed by atoms with E-state index in [1.165, 1.54) is 16.7 Å². The third-order valence-corrected chi connectivity index (χ3v) is 8.34. The van der Waals surface area contributed by atoms with Gasteiger partial charge in [0.05, 0.1) is 17.5 Å². The number of nitrogens with one attached hydrogen (secondary N) is 2. The number of aryl methyl sites for hydroxylation is 1. The molecule has 2 aromatic heterocycles. The fourth-order valence-corrected chi connectivity index (χ4v) is 5.41. The molecule has 0 atom stereocenters. The monoisotopic (exact) mass is 597 g/mol. The number of benzene rings is 2. The summed E-state index contributed by atoms with van der Waals surface area (Å²) in [6.07, 6.45) is 4.77. The lowest BCUT2D eigenvalue weighted by Gasteiger charge is -2.37. The van der Waals surface area contributed by atoms with Crippen molar-refractivity contribution in [3.05, 3.63) is 99.9 Å². The summed E-state index contributed by atoms with van der Waals surface area (Å²) in [5.74, 6) is -0.352. The van der Waals surface area contributed by atoms with E-state index in [1.54, 1.807) is 37.6 Å². The first kappa shape index (κ1) is 30.9. The molecular formula is C35H40FN5O3. The Labute approximate surface area is 257 Å². The summed E-state index contributed by atoms with van der Waals surface area (Å²) in [5.41, 5.74) is 4.05. The highest BCUT2D eigenvalue weighted by Gasteiger charge is 2.27. The van der Waals surface area contributed by atoms with Gasteiger partial charge in [-0.15, -0.1) is 0 Å². The van der Waals surface area contributed by atoms with E-state index in [4.69, 9.17) is 0 Å². The van der Waals surface area contributed by atoms with E-state index in [0.29, 0.717) is 46.6 Å². The summed E-state index contributed by atoms with van der Waals surface area (Å²) in [5, 5.41) is 16.2. The number of pyridine rings is 2. The zero-order valence-corrected chi connectivity index (χ0v) is 26.2. The quantitative estimate of drug-likeness (QED) is 0.234. The first-order valence-corrected chi connectivity index (χ1v) is 14.8. The number of rotatable bonds is 6. The van der Waals surface area contributed by atoms with Crippen LogP contribution in [0.25, 0.3) is 11.1 Å². The van der Waals surface area contributed by atoms with Crippen molar-refractivity contribution in [3.63, 3.8) is 0 Å². The van der Waals surface area contributed by atoms with Crippen LogP contribution in [0.2, 0.25) is 0 Å². The van der Waals surface area contributed by atoms with Crippen LogP contribution in [0.15, 0.2) is 71.8 Å². The third kappa shape index (κ3) is 6.83. The van der Waals surface area contributed by atoms with E-state index in [0.717, 1.165) is 24.3 Å². The predicted octanol–water partition coefficient (Wildman–Crippen LogP) is 6.54. The molecule has 1 aliphatic rings. The number of carbonyl (C=O) groups is 1. The van der Waals surface area contributed by atoms with Crippen molar-refractivity contribution in [1.82, 2.24) is 9.55 Å². The fourth-order valence-electron chi connectivity index (χ4n) is 5.41. The van der Waals surface area contributed by atoms with Crippen molar-refractivity contribution < 1.29 is 14.3 Å². The highest BCUT2D eigenvalue weighted by atomic mass is 19.1. The molecule has 1 fully saturated rings. The number of nitrogens with zero attached hydrogens (tertiary/aromatic N) is 3. The second-order valence-electron chi connectivity index (χ2n) is 13.0. The predicted molar refractivity (Wildman–Crippen MR) is 174 cm³/mol. The molecule has 1 saturated heterocycles. The molecule has 4 aromatic rings. The van der Waals surface area contributed by atoms with Gasteiger partial charge in [0.25, 0.3) is 11.5 Å². The molecule has 8 nitrogen and oxygen atoms in total. The fraction of sp³-hybridized carbons (Fsp3) is 0.343. The summed E-state index contributed by atoms with van der Waals surface area (Å²) < 4.78 is 16.4. The van der Waals surface area contributed by atoms with Gasteiger partial charge >= 0.3 is 0 Å². The van der Waals surface area contributed by atoms with E-state index in [2.05, 4.69) is 41.3 Å². The van der Waals surface area contributed by atoms with Gasteiger partial charge in [0.15, 0.2) is 0 Å². The number of hydrogen-bond donors (Lipinski definition) is 3. The van der Waals surface area contributed by atoms with Gasteiger partial charge in [-0.1, -0.05) is 32.9 Å². The van der Waals surface area contributed by atoms with Crippen molar-refractivity contribution in [2.75, 3.05) is 28.6 Å². The third-order valence-electron chi connectivity index (χ3n) is 8.34. The Morgan fingerprint density at radius 1 is 1.02 bits per heavy atom. The number of aromatic nitrogens is 2. The average molecular weight is 598 g/mol. The highest BCUT2D eigenvalue weighted by molar-refractivity contribution is 6.05. The first-order chi connectivity index (χ1) is 20.7. The standard InChI is InChI=1S/C35H40FN5O3/c1-22-28(18-26(36)19-29(22)39-32(42)23-7-9-25(10-8-23)34(2,3)4)24-17-30(33(43)40(6)21-24)38-31-12-11-27(20-37-31)41-15-13-35(5,44)14-16-41/h7-12,17-21,44H,13-16H2,1-6H3,(H,37,38)(H,39,42). The van der Waals surface area contributed by atoms with Crippen LogP contribution in [-0.2, 0) is 12.5 Å². The SMILES string of the molecule is Cc1c(NC(=O)c2ccc(C(C)(C)C)cc2)cc(F)cc1-c1cc(Nc2ccc(N3CCC(C)(O)CC3)cn2)c(=O)n(C)c1. The van der Waals surface area contributed by atoms with Crippen molar-refractivity contribution in [1.29, 1.82) is 0 Å². The number of carbonyl (C=O) groups excluding carboxylic acids is 1. The number of halogens is 1. The maximum Gasteiger partial charge on any atom is 0.274 e. The molecule has 0 spiro atoms. The molecule has 0 bridgehead atoms. The molecule has 230 valence electrons. The van der Waals surface area contributed by atoms with Crippen LogP contribution in [0.3, 0.4) is 0 Å². The lowest BCUT2D eigenvalue weighted by atomic mass is 9.86. The molecule has 3 heterocycles. The zero-order valence-electron chi connectivity index (χ0n) is 26.2. The summed E-state index contributed by atoms with van der Waals surface area (Å²) >= 11 is 0. The second-order valence-corrected chi connectivity index (χ2v) is 13.0. The van der Waals surface area contributed by atoms with Crippen molar-refractivity contribution in [2.45, 2.75) is 58.5 Å². The van der Waals surface area contributed by atoms with Crippen molar-refractivity contribution >= 4 is 28.8 Å². The number of amides is 1. The molecule has 1 aliphatic heterocycles. The molecule has 2 aromatic carbocycles. The van der Waals surface area contributed by atoms with Crippen molar-refractivity contribution in [3.8, 4) is 11.1 Å². The first-order valence-electron chi connectivity index (χ1n) is 14.8. The average Bonchev–Trinajstić information content (AvgIpc) is 2.97. The van der Waals surface area contributed by atoms with Crippen LogP contribution in [0.1, 0.15) is 62.0 Å². The Morgan fingerprint density at radius 2 is 1.70 bits per heavy atom. The maximum atomic E-state index is 14.9. The minimum Gasteiger partial charge on any atom is -0.390 e. The zero-order chi connectivity index (χ0) is 31.8. The number of piperidine rings is 1. The van der Waals surface area contributed by atoms with Gasteiger partial charge in [0.1, 0.15) is 17.3 Å². The molecule has 1 amide bonds. The van der Waals surface area contributed by atoms with Crippen LogP contribution in [0.4, 0.5) is 27.3 Å². The number of hydrogen-bond acceptors (Lipinski definition) is 6. The van der Waals surface area contributed by atoms with E-state index < -0.39 is 11.4 Å². The summed E-state index contributed by atoms with van der Waals surface area (Å²) in [6, 6.07) is 15.5. The molecule has 9 heteroatoms. The molecule has 0 radical (unpaired) electrons. The lowest BCUT2D eigenvalue weighted by Crippen LogP contribution is -2.42. The molecule has 0 unspecified atom stereocenters. The summed E-state index contributed by atoms with van der Waals surface area (Å²) in [6.45, 7) is 11.5. The van der Waals surface area contributed by atoms with E-state index in [1.807, 2.05) is 38.1 Å². The van der Waals surface area contributed by atoms with Gasteiger partial charge < -0.3 is 25.2 Å². The maximum absolute atomic E-state index is 14.9. The molecule has 0 aliphatic carbocycles. The molecular weight excluding hydrogens is 557 g/mol. The van der Waals surface area contributed by atoms with Gasteiger partial charge in [-0.2, -0.15) is 0 Å².